The predicted molar refractivity (Wildman–Crippen MR) is 134 cm³/mol. The van der Waals surface area contributed by atoms with Gasteiger partial charge in [0.05, 0.1) is 5.56 Å². The molecule has 0 spiro atoms. The van der Waals surface area contributed by atoms with E-state index in [0.717, 1.165) is 22.3 Å². The van der Waals surface area contributed by atoms with Crippen molar-refractivity contribution in [3.63, 3.8) is 0 Å². The van der Waals surface area contributed by atoms with Crippen molar-refractivity contribution in [1.82, 2.24) is 5.32 Å². The average molecular weight is 471 g/mol. The van der Waals surface area contributed by atoms with Gasteiger partial charge in [0.1, 0.15) is 12.6 Å². The van der Waals surface area contributed by atoms with E-state index in [0.29, 0.717) is 11.3 Å². The summed E-state index contributed by atoms with van der Waals surface area (Å²) in [7, 11) is 0. The third-order valence-electron chi connectivity index (χ3n) is 6.09. The highest BCUT2D eigenvalue weighted by molar-refractivity contribution is 5.98. The summed E-state index contributed by atoms with van der Waals surface area (Å²) in [6.45, 7) is 5.50. The molecular formula is C28H26N2O5. The van der Waals surface area contributed by atoms with Gasteiger partial charge < -0.3 is 20.5 Å². The predicted octanol–water partition coefficient (Wildman–Crippen LogP) is 5.12. The standard InChI is InChI=1S/C28H26N2O5/c1-3-8-25(26(31)29-24-14-13-18(27(32)33)15-17(24)2)30-28(34)35-16-23-21-11-6-4-9-19(21)20-10-5-7-12-22(20)23/h3-7,9-15,23,25H,1,8,16H2,2H3,(H,29,31)(H,30,34)(H,32,33). The van der Waals surface area contributed by atoms with Crippen LogP contribution in [0.4, 0.5) is 10.5 Å². The van der Waals surface area contributed by atoms with Gasteiger partial charge in [-0.1, -0.05) is 54.6 Å². The summed E-state index contributed by atoms with van der Waals surface area (Å²) in [5, 5.41) is 14.5. The number of rotatable bonds is 8. The number of benzene rings is 3. The number of carboxylic acid groups (broad SMARTS) is 1. The average Bonchev–Trinajstić information content (AvgIpc) is 3.17. The molecular weight excluding hydrogens is 444 g/mol. The second-order valence-corrected chi connectivity index (χ2v) is 8.37. The number of nitrogens with one attached hydrogen (secondary N) is 2. The summed E-state index contributed by atoms with van der Waals surface area (Å²) in [5.74, 6) is -1.59. The fourth-order valence-corrected chi connectivity index (χ4v) is 4.34. The van der Waals surface area contributed by atoms with Crippen LogP contribution in [0.3, 0.4) is 0 Å². The number of amides is 2. The third kappa shape index (κ3) is 5.09. The zero-order chi connectivity index (χ0) is 24.9. The molecule has 1 aliphatic rings. The molecule has 0 heterocycles. The van der Waals surface area contributed by atoms with Crippen molar-refractivity contribution in [3.8, 4) is 11.1 Å². The smallest absolute Gasteiger partial charge is 0.407 e. The molecule has 0 saturated carbocycles. The Morgan fingerprint density at radius 1 is 1.03 bits per heavy atom. The van der Waals surface area contributed by atoms with E-state index in [-0.39, 0.29) is 24.5 Å². The first-order valence-electron chi connectivity index (χ1n) is 11.3. The van der Waals surface area contributed by atoms with Crippen molar-refractivity contribution in [2.75, 3.05) is 11.9 Å². The minimum Gasteiger partial charge on any atom is -0.478 e. The van der Waals surface area contributed by atoms with Gasteiger partial charge >= 0.3 is 12.1 Å². The minimum atomic E-state index is -1.05. The molecule has 3 aromatic carbocycles. The molecule has 7 heteroatoms. The van der Waals surface area contributed by atoms with Crippen LogP contribution in [0.1, 0.15) is 39.4 Å². The van der Waals surface area contributed by atoms with Gasteiger partial charge in [0.25, 0.3) is 0 Å². The number of carbonyl (C=O) groups excluding carboxylic acids is 2. The Morgan fingerprint density at radius 2 is 1.66 bits per heavy atom. The number of carboxylic acids is 1. The topological polar surface area (TPSA) is 105 Å². The molecule has 0 aromatic heterocycles. The van der Waals surface area contributed by atoms with Crippen molar-refractivity contribution < 1.29 is 24.2 Å². The molecule has 0 bridgehead atoms. The van der Waals surface area contributed by atoms with Crippen LogP contribution in [0.15, 0.2) is 79.4 Å². The molecule has 1 unspecified atom stereocenters. The van der Waals surface area contributed by atoms with E-state index in [1.807, 2.05) is 36.4 Å². The van der Waals surface area contributed by atoms with E-state index in [1.54, 1.807) is 6.92 Å². The Morgan fingerprint density at radius 3 is 2.23 bits per heavy atom. The van der Waals surface area contributed by atoms with Crippen molar-refractivity contribution in [1.29, 1.82) is 0 Å². The minimum absolute atomic E-state index is 0.0877. The lowest BCUT2D eigenvalue weighted by Crippen LogP contribution is -2.44. The number of anilines is 1. The highest BCUT2D eigenvalue weighted by atomic mass is 16.5. The zero-order valence-corrected chi connectivity index (χ0v) is 19.3. The van der Waals surface area contributed by atoms with E-state index in [1.165, 1.54) is 24.3 Å². The van der Waals surface area contributed by atoms with Crippen LogP contribution in [0.5, 0.6) is 0 Å². The van der Waals surface area contributed by atoms with Gasteiger partial charge in [-0.25, -0.2) is 9.59 Å². The van der Waals surface area contributed by atoms with Crippen molar-refractivity contribution in [2.24, 2.45) is 0 Å². The lowest BCUT2D eigenvalue weighted by Gasteiger charge is -2.19. The highest BCUT2D eigenvalue weighted by Gasteiger charge is 2.29. The summed E-state index contributed by atoms with van der Waals surface area (Å²) in [6, 6.07) is 19.6. The first kappa shape index (κ1) is 23.8. The maximum absolute atomic E-state index is 12.9. The van der Waals surface area contributed by atoms with E-state index in [9.17, 15) is 14.4 Å². The number of fused-ring (bicyclic) bond motifs is 3. The normalized spacial score (nSPS) is 12.7. The molecule has 3 aromatic rings. The maximum Gasteiger partial charge on any atom is 0.407 e. The van der Waals surface area contributed by atoms with Crippen molar-refractivity contribution in [3.05, 3.63) is 102 Å². The Hall–Kier alpha value is -4.39. The summed E-state index contributed by atoms with van der Waals surface area (Å²) in [6.07, 6.45) is 1.03. The van der Waals surface area contributed by atoms with Crippen LogP contribution in [0.25, 0.3) is 11.1 Å². The largest absolute Gasteiger partial charge is 0.478 e. The van der Waals surface area contributed by atoms with Crippen LogP contribution >= 0.6 is 0 Å². The summed E-state index contributed by atoms with van der Waals surface area (Å²) in [4.78, 5) is 36.6. The van der Waals surface area contributed by atoms with E-state index in [4.69, 9.17) is 9.84 Å². The summed E-state index contributed by atoms with van der Waals surface area (Å²) in [5.41, 5.74) is 5.64. The zero-order valence-electron chi connectivity index (χ0n) is 19.3. The van der Waals surface area contributed by atoms with Crippen molar-refractivity contribution >= 4 is 23.7 Å². The SMILES string of the molecule is C=CCC(NC(=O)OCC1c2ccccc2-c2ccccc21)C(=O)Nc1ccc(C(=O)O)cc1C. The molecule has 3 N–H and O–H groups in total. The van der Waals surface area contributed by atoms with Crippen LogP contribution in [-0.4, -0.2) is 35.7 Å². The molecule has 0 aliphatic heterocycles. The van der Waals surface area contributed by atoms with Gasteiger partial charge in [-0.05, 0) is 59.4 Å². The summed E-state index contributed by atoms with van der Waals surface area (Å²) < 4.78 is 5.55. The van der Waals surface area contributed by atoms with E-state index < -0.39 is 24.0 Å². The molecule has 1 aliphatic carbocycles. The molecule has 7 nitrogen and oxygen atoms in total. The highest BCUT2D eigenvalue weighted by Crippen LogP contribution is 2.44. The van der Waals surface area contributed by atoms with Crippen molar-refractivity contribution in [2.45, 2.75) is 25.3 Å². The number of aryl methyl sites for hydroxylation is 1. The summed E-state index contributed by atoms with van der Waals surface area (Å²) >= 11 is 0. The van der Waals surface area contributed by atoms with Crippen LogP contribution in [-0.2, 0) is 9.53 Å². The van der Waals surface area contributed by atoms with Gasteiger partial charge in [-0.3, -0.25) is 4.79 Å². The first-order valence-corrected chi connectivity index (χ1v) is 11.3. The Balaban J connectivity index is 1.41. The van der Waals surface area contributed by atoms with Gasteiger partial charge in [0.15, 0.2) is 0 Å². The van der Waals surface area contributed by atoms with Crippen LogP contribution in [0, 0.1) is 6.92 Å². The number of hydrogen-bond acceptors (Lipinski definition) is 4. The fourth-order valence-electron chi connectivity index (χ4n) is 4.34. The van der Waals surface area contributed by atoms with Gasteiger partial charge in [0.2, 0.25) is 5.91 Å². The Labute approximate surface area is 203 Å². The number of alkyl carbamates (subject to hydrolysis) is 1. The number of hydrogen-bond donors (Lipinski definition) is 3. The van der Waals surface area contributed by atoms with E-state index in [2.05, 4.69) is 29.3 Å². The second-order valence-electron chi connectivity index (χ2n) is 8.37. The molecule has 35 heavy (non-hydrogen) atoms. The fraction of sp³-hybridized carbons (Fsp3) is 0.179. The Bertz CT molecular complexity index is 1250. The van der Waals surface area contributed by atoms with Crippen LogP contribution < -0.4 is 10.6 Å². The maximum atomic E-state index is 12.9. The third-order valence-corrected chi connectivity index (χ3v) is 6.09. The lowest BCUT2D eigenvalue weighted by atomic mass is 9.98. The van der Waals surface area contributed by atoms with E-state index >= 15 is 0 Å². The Kier molecular flexibility index (Phi) is 6.96. The van der Waals surface area contributed by atoms with Gasteiger partial charge in [0, 0.05) is 11.6 Å². The molecule has 1 atom stereocenters. The first-order chi connectivity index (χ1) is 16.9. The molecule has 0 saturated heterocycles. The molecule has 4 rings (SSSR count). The van der Waals surface area contributed by atoms with Crippen LogP contribution in [0.2, 0.25) is 0 Å². The lowest BCUT2D eigenvalue weighted by molar-refractivity contribution is -0.118. The monoisotopic (exact) mass is 470 g/mol. The van der Waals surface area contributed by atoms with Gasteiger partial charge in [-0.2, -0.15) is 0 Å². The molecule has 0 fully saturated rings. The quantitative estimate of drug-likeness (QED) is 0.397. The number of carbonyl (C=O) groups is 3. The molecule has 0 radical (unpaired) electrons. The molecule has 2 amide bonds. The number of aromatic carboxylic acids is 1. The number of ether oxygens (including phenoxy) is 1. The molecule has 178 valence electrons. The second kappa shape index (κ2) is 10.3. The van der Waals surface area contributed by atoms with Gasteiger partial charge in [-0.15, -0.1) is 6.58 Å².